The number of hydrogen-bond acceptors (Lipinski definition) is 3. The lowest BCUT2D eigenvalue weighted by molar-refractivity contribution is 0.158. The van der Waals surface area contributed by atoms with Crippen molar-refractivity contribution in [1.82, 2.24) is 4.90 Å². The molecule has 0 saturated heterocycles. The number of rotatable bonds is 4. The first-order valence-electron chi connectivity index (χ1n) is 7.70. The van der Waals surface area contributed by atoms with Crippen molar-refractivity contribution >= 4 is 11.3 Å². The van der Waals surface area contributed by atoms with Gasteiger partial charge in [-0.2, -0.15) is 0 Å². The van der Waals surface area contributed by atoms with Crippen molar-refractivity contribution < 1.29 is 0 Å². The molecule has 0 amide bonds. The van der Waals surface area contributed by atoms with Gasteiger partial charge in [-0.25, -0.2) is 0 Å². The lowest BCUT2D eigenvalue weighted by Crippen LogP contribution is -2.34. The number of nitrogens with zero attached hydrogens (tertiary/aromatic N) is 1. The third-order valence-corrected chi connectivity index (χ3v) is 5.39. The molecule has 0 aliphatic heterocycles. The number of hydrogen-bond donors (Lipinski definition) is 1. The highest BCUT2D eigenvalue weighted by Gasteiger charge is 2.23. The minimum Gasteiger partial charge on any atom is -0.320 e. The molecule has 1 heterocycles. The van der Waals surface area contributed by atoms with E-state index in [1.165, 1.54) is 37.0 Å². The second-order valence-electron chi connectivity index (χ2n) is 5.76. The topological polar surface area (TPSA) is 29.3 Å². The first-order valence-corrected chi connectivity index (χ1v) is 8.58. The molecule has 3 heteroatoms. The van der Waals surface area contributed by atoms with Gasteiger partial charge in [-0.3, -0.25) is 4.90 Å². The van der Waals surface area contributed by atoms with Crippen LogP contribution in [0.5, 0.6) is 0 Å². The second-order valence-corrected chi connectivity index (χ2v) is 6.76. The van der Waals surface area contributed by atoms with E-state index < -0.39 is 0 Å². The van der Waals surface area contributed by atoms with E-state index in [9.17, 15) is 0 Å². The molecule has 20 heavy (non-hydrogen) atoms. The first-order chi connectivity index (χ1) is 9.74. The normalized spacial score (nSPS) is 22.6. The van der Waals surface area contributed by atoms with Crippen LogP contribution in [0.4, 0.5) is 0 Å². The Labute approximate surface area is 127 Å². The molecule has 1 saturated carbocycles. The van der Waals surface area contributed by atoms with Gasteiger partial charge in [0.1, 0.15) is 0 Å². The van der Waals surface area contributed by atoms with Crippen LogP contribution in [-0.2, 0) is 6.54 Å². The minimum absolute atomic E-state index is 0.437. The number of thiophene rings is 1. The third kappa shape index (κ3) is 4.09. The van der Waals surface area contributed by atoms with Crippen LogP contribution in [0.2, 0.25) is 0 Å². The zero-order chi connectivity index (χ0) is 14.4. The van der Waals surface area contributed by atoms with E-state index in [-0.39, 0.29) is 0 Å². The Morgan fingerprint density at radius 2 is 2.10 bits per heavy atom. The summed E-state index contributed by atoms with van der Waals surface area (Å²) in [6.07, 6.45) is 6.85. The van der Waals surface area contributed by atoms with Crippen LogP contribution < -0.4 is 5.73 Å². The Kier molecular flexibility index (Phi) is 6.09. The van der Waals surface area contributed by atoms with Gasteiger partial charge in [-0.05, 0) is 50.1 Å². The zero-order valence-electron chi connectivity index (χ0n) is 12.7. The highest BCUT2D eigenvalue weighted by Crippen LogP contribution is 2.30. The van der Waals surface area contributed by atoms with E-state index in [2.05, 4.69) is 42.2 Å². The van der Waals surface area contributed by atoms with E-state index in [1.54, 1.807) is 0 Å². The molecule has 0 unspecified atom stereocenters. The van der Waals surface area contributed by atoms with Gasteiger partial charge in [0, 0.05) is 23.0 Å². The van der Waals surface area contributed by atoms with Gasteiger partial charge in [0.25, 0.3) is 0 Å². The molecule has 0 atom stereocenters. The summed E-state index contributed by atoms with van der Waals surface area (Å²) < 4.78 is 0. The molecule has 2 rings (SSSR count). The van der Waals surface area contributed by atoms with E-state index in [4.69, 9.17) is 5.73 Å². The summed E-state index contributed by atoms with van der Waals surface area (Å²) in [5.41, 5.74) is 6.62. The van der Waals surface area contributed by atoms with Crippen molar-refractivity contribution in [3.63, 3.8) is 0 Å². The van der Waals surface area contributed by atoms with Crippen molar-refractivity contribution in [3.8, 4) is 11.8 Å². The van der Waals surface area contributed by atoms with Gasteiger partial charge in [0.2, 0.25) is 0 Å². The average Bonchev–Trinajstić information content (AvgIpc) is 2.92. The predicted octanol–water partition coefficient (Wildman–Crippen LogP) is 3.46. The maximum absolute atomic E-state index is 5.46. The van der Waals surface area contributed by atoms with Crippen LogP contribution in [0.25, 0.3) is 0 Å². The molecule has 1 aromatic rings. The predicted molar refractivity (Wildman–Crippen MR) is 87.8 cm³/mol. The van der Waals surface area contributed by atoms with E-state index in [0.29, 0.717) is 6.54 Å². The Balaban J connectivity index is 1.91. The van der Waals surface area contributed by atoms with Gasteiger partial charge < -0.3 is 5.73 Å². The summed E-state index contributed by atoms with van der Waals surface area (Å²) in [5, 5.41) is 2.14. The fourth-order valence-electron chi connectivity index (χ4n) is 3.07. The van der Waals surface area contributed by atoms with Crippen molar-refractivity contribution in [2.45, 2.75) is 51.6 Å². The fraction of sp³-hybridized carbons (Fsp3) is 0.647. The van der Waals surface area contributed by atoms with Crippen LogP contribution in [0.1, 0.15) is 49.5 Å². The van der Waals surface area contributed by atoms with Crippen LogP contribution >= 0.6 is 11.3 Å². The molecule has 1 aromatic heterocycles. The summed E-state index contributed by atoms with van der Waals surface area (Å²) in [6, 6.07) is 2.86. The van der Waals surface area contributed by atoms with E-state index in [0.717, 1.165) is 24.1 Å². The van der Waals surface area contributed by atoms with Gasteiger partial charge in [0.05, 0.1) is 6.54 Å². The molecule has 0 bridgehead atoms. The Morgan fingerprint density at radius 1 is 1.35 bits per heavy atom. The lowest BCUT2D eigenvalue weighted by atomic mass is 9.84. The quantitative estimate of drug-likeness (QED) is 0.861. The summed E-state index contributed by atoms with van der Waals surface area (Å²) in [6.45, 7) is 3.78. The summed E-state index contributed by atoms with van der Waals surface area (Å²) >= 11 is 1.81. The molecular weight excluding hydrogens is 264 g/mol. The summed E-state index contributed by atoms with van der Waals surface area (Å²) in [5.74, 6) is 7.11. The summed E-state index contributed by atoms with van der Waals surface area (Å²) in [7, 11) is 2.26. The SMILES string of the molecule is CCC1CCC(N(C)Cc2sccc2C#CCN)CC1. The first kappa shape index (κ1) is 15.6. The Hall–Kier alpha value is -0.820. The van der Waals surface area contributed by atoms with E-state index >= 15 is 0 Å². The maximum Gasteiger partial charge on any atom is 0.0555 e. The maximum atomic E-state index is 5.46. The molecule has 1 aliphatic carbocycles. The van der Waals surface area contributed by atoms with Gasteiger partial charge in [-0.15, -0.1) is 11.3 Å². The lowest BCUT2D eigenvalue weighted by Gasteiger charge is -2.34. The molecule has 110 valence electrons. The monoisotopic (exact) mass is 290 g/mol. The van der Waals surface area contributed by atoms with Crippen molar-refractivity contribution in [3.05, 3.63) is 21.9 Å². The molecule has 1 aliphatic rings. The van der Waals surface area contributed by atoms with Crippen LogP contribution in [0, 0.1) is 17.8 Å². The van der Waals surface area contributed by atoms with Crippen molar-refractivity contribution in [2.75, 3.05) is 13.6 Å². The fourth-order valence-corrected chi connectivity index (χ4v) is 3.96. The standard InChI is InChI=1S/C17H26N2S/c1-3-14-6-8-16(9-7-14)19(2)13-17-15(5-4-11-18)10-12-20-17/h10,12,14,16H,3,6-9,11,13,18H2,1-2H3. The van der Waals surface area contributed by atoms with E-state index in [1.807, 2.05) is 11.3 Å². The van der Waals surface area contributed by atoms with Crippen LogP contribution in [0.15, 0.2) is 11.4 Å². The van der Waals surface area contributed by atoms with Gasteiger partial charge >= 0.3 is 0 Å². The smallest absolute Gasteiger partial charge is 0.0555 e. The Bertz CT molecular complexity index is 461. The minimum atomic E-state index is 0.437. The zero-order valence-corrected chi connectivity index (χ0v) is 13.5. The highest BCUT2D eigenvalue weighted by molar-refractivity contribution is 7.10. The van der Waals surface area contributed by atoms with Crippen LogP contribution in [0.3, 0.4) is 0 Å². The molecular formula is C17H26N2S. The van der Waals surface area contributed by atoms with Crippen molar-refractivity contribution in [2.24, 2.45) is 11.7 Å². The molecule has 0 spiro atoms. The number of nitrogens with two attached hydrogens (primary N) is 1. The largest absolute Gasteiger partial charge is 0.320 e. The van der Waals surface area contributed by atoms with Crippen molar-refractivity contribution in [1.29, 1.82) is 0 Å². The van der Waals surface area contributed by atoms with Gasteiger partial charge in [0.15, 0.2) is 0 Å². The second kappa shape index (κ2) is 7.83. The Morgan fingerprint density at radius 3 is 2.75 bits per heavy atom. The van der Waals surface area contributed by atoms with Gasteiger partial charge in [-0.1, -0.05) is 25.2 Å². The highest BCUT2D eigenvalue weighted by atomic mass is 32.1. The molecule has 2 N–H and O–H groups in total. The summed E-state index contributed by atoms with van der Waals surface area (Å²) in [4.78, 5) is 3.90. The molecule has 1 fully saturated rings. The average molecular weight is 290 g/mol. The third-order valence-electron chi connectivity index (χ3n) is 4.48. The molecule has 2 nitrogen and oxygen atoms in total. The van der Waals surface area contributed by atoms with Crippen LogP contribution in [-0.4, -0.2) is 24.5 Å². The molecule has 0 radical (unpaired) electrons. The molecule has 0 aromatic carbocycles.